The first-order chi connectivity index (χ1) is 11.1. The highest BCUT2D eigenvalue weighted by Gasteiger charge is 2.20. The highest BCUT2D eigenvalue weighted by Crippen LogP contribution is 2.30. The second-order valence-electron chi connectivity index (χ2n) is 7.50. The molecule has 124 valence electrons. The van der Waals surface area contributed by atoms with Crippen LogP contribution in [0.4, 0.5) is 0 Å². The van der Waals surface area contributed by atoms with E-state index in [0.29, 0.717) is 0 Å². The van der Waals surface area contributed by atoms with Gasteiger partial charge in [-0.1, -0.05) is 46.8 Å². The van der Waals surface area contributed by atoms with Crippen LogP contribution in [0.1, 0.15) is 71.4 Å². The minimum atomic E-state index is -0.488. The lowest BCUT2D eigenvalue weighted by molar-refractivity contribution is -0.660. The molecule has 0 saturated heterocycles. The van der Waals surface area contributed by atoms with E-state index in [1.165, 1.54) is 22.4 Å². The molecular weight excluding hydrogens is 278 g/mol. The summed E-state index contributed by atoms with van der Waals surface area (Å²) in [5, 5.41) is 0. The smallest absolute Gasteiger partial charge is 0.201 e. The molecule has 1 heteroatoms. The quantitative estimate of drug-likeness (QED) is 0.639. The summed E-state index contributed by atoms with van der Waals surface area (Å²) in [6, 6.07) is 11.1. The van der Waals surface area contributed by atoms with E-state index in [2.05, 4.69) is 89.7 Å². The molecule has 0 amide bonds. The molecule has 1 aromatic heterocycles. The van der Waals surface area contributed by atoms with Crippen molar-refractivity contribution in [2.45, 2.75) is 65.7 Å². The van der Waals surface area contributed by atoms with E-state index in [1.807, 2.05) is 0 Å². The normalized spacial score (nSPS) is 13.1. The Morgan fingerprint density at radius 2 is 1.74 bits per heavy atom. The summed E-state index contributed by atoms with van der Waals surface area (Å²) in [4.78, 5) is 0. The summed E-state index contributed by atoms with van der Waals surface area (Å²) in [6.07, 6.45) is 3.81. The van der Waals surface area contributed by atoms with Crippen LogP contribution >= 0.6 is 0 Å². The lowest BCUT2D eigenvalue weighted by Gasteiger charge is -2.20. The molecule has 0 radical (unpaired) electrons. The highest BCUT2D eigenvalue weighted by atomic mass is 14.9. The molecule has 1 nitrogen and oxygen atoms in total. The molecule has 0 aliphatic rings. The predicted octanol–water partition coefficient (Wildman–Crippen LogP) is 5.69. The fraction of sp³-hybridized carbons (Fsp3) is 0.500. The van der Waals surface area contributed by atoms with Gasteiger partial charge in [0.05, 0.1) is 0 Å². The van der Waals surface area contributed by atoms with Crippen LogP contribution in [0.5, 0.6) is 0 Å². The van der Waals surface area contributed by atoms with E-state index < -0.39 is 5.89 Å². The molecular formula is C22H32N+. The number of nitrogens with zero attached hydrogens (tertiary/aromatic N) is 1. The molecule has 0 atom stereocenters. The number of hydrogen-bond donors (Lipinski definition) is 0. The van der Waals surface area contributed by atoms with Crippen LogP contribution in [0.3, 0.4) is 0 Å². The molecule has 0 spiro atoms. The fourth-order valence-electron chi connectivity index (χ4n) is 3.12. The second-order valence-corrected chi connectivity index (χ2v) is 7.50. The molecule has 0 unspecified atom stereocenters. The Morgan fingerprint density at radius 3 is 2.26 bits per heavy atom. The van der Waals surface area contributed by atoms with E-state index >= 15 is 0 Å². The average molecular weight is 312 g/mol. The SMILES string of the molecule is [2H]C(CC)(CC)c1ccc(-c2cc(C(C)(C)C)ccc2C)[n+](C)c1. The number of aromatic nitrogens is 1. The number of pyridine rings is 1. The van der Waals surface area contributed by atoms with Crippen LogP contribution in [0.2, 0.25) is 0 Å². The van der Waals surface area contributed by atoms with Crippen LogP contribution in [0.15, 0.2) is 36.5 Å². The van der Waals surface area contributed by atoms with E-state index in [1.54, 1.807) is 0 Å². The average Bonchev–Trinajstić information content (AvgIpc) is 2.53. The van der Waals surface area contributed by atoms with Gasteiger partial charge in [-0.05, 0) is 54.3 Å². The first kappa shape index (κ1) is 16.2. The molecule has 0 aliphatic heterocycles. The Hall–Kier alpha value is -1.63. The minimum Gasteiger partial charge on any atom is -0.201 e. The van der Waals surface area contributed by atoms with Gasteiger partial charge in [-0.3, -0.25) is 0 Å². The van der Waals surface area contributed by atoms with Gasteiger partial charge in [-0.2, -0.15) is 0 Å². The summed E-state index contributed by atoms with van der Waals surface area (Å²) >= 11 is 0. The Bertz CT molecular complexity index is 721. The van der Waals surface area contributed by atoms with Crippen molar-refractivity contribution in [2.24, 2.45) is 7.05 Å². The maximum Gasteiger partial charge on any atom is 0.212 e. The maximum absolute atomic E-state index is 8.68. The van der Waals surface area contributed by atoms with Crippen LogP contribution in [0.25, 0.3) is 11.3 Å². The molecule has 2 rings (SSSR count). The van der Waals surface area contributed by atoms with Gasteiger partial charge in [0.1, 0.15) is 7.05 Å². The Labute approximate surface area is 143 Å². The molecule has 23 heavy (non-hydrogen) atoms. The number of aryl methyl sites for hydroxylation is 2. The molecule has 0 saturated carbocycles. The third kappa shape index (κ3) is 3.83. The van der Waals surface area contributed by atoms with Crippen molar-refractivity contribution >= 4 is 0 Å². The number of hydrogen-bond acceptors (Lipinski definition) is 0. The van der Waals surface area contributed by atoms with Gasteiger partial charge in [-0.15, -0.1) is 0 Å². The first-order valence-electron chi connectivity index (χ1n) is 9.24. The molecule has 1 aromatic carbocycles. The molecule has 0 fully saturated rings. The minimum absolute atomic E-state index is 0.141. The van der Waals surface area contributed by atoms with Gasteiger partial charge in [0.15, 0.2) is 6.20 Å². The Balaban J connectivity index is 2.55. The van der Waals surface area contributed by atoms with Crippen LogP contribution in [-0.4, -0.2) is 0 Å². The largest absolute Gasteiger partial charge is 0.212 e. The monoisotopic (exact) mass is 311 g/mol. The predicted molar refractivity (Wildman–Crippen MR) is 99.8 cm³/mol. The van der Waals surface area contributed by atoms with Gasteiger partial charge >= 0.3 is 0 Å². The third-order valence-corrected chi connectivity index (χ3v) is 4.77. The molecule has 2 aromatic rings. The van der Waals surface area contributed by atoms with Crippen molar-refractivity contribution in [3.63, 3.8) is 0 Å². The van der Waals surface area contributed by atoms with Gasteiger partial charge < -0.3 is 0 Å². The molecule has 1 heterocycles. The van der Waals surface area contributed by atoms with Crippen molar-refractivity contribution in [2.75, 3.05) is 0 Å². The summed E-state index contributed by atoms with van der Waals surface area (Å²) in [6.45, 7) is 13.1. The Kier molecular flexibility index (Phi) is 4.84. The van der Waals surface area contributed by atoms with Gasteiger partial charge in [0.25, 0.3) is 0 Å². The van der Waals surface area contributed by atoms with Crippen molar-refractivity contribution in [3.8, 4) is 11.3 Å². The summed E-state index contributed by atoms with van der Waals surface area (Å²) in [5.74, 6) is -0.488. The highest BCUT2D eigenvalue weighted by molar-refractivity contribution is 5.62. The molecule has 0 bridgehead atoms. The van der Waals surface area contributed by atoms with E-state index in [-0.39, 0.29) is 5.41 Å². The topological polar surface area (TPSA) is 3.88 Å². The Morgan fingerprint density at radius 1 is 1.09 bits per heavy atom. The van der Waals surface area contributed by atoms with Crippen LogP contribution in [-0.2, 0) is 12.5 Å². The van der Waals surface area contributed by atoms with Crippen molar-refractivity contribution in [1.82, 2.24) is 0 Å². The lowest BCUT2D eigenvalue weighted by Crippen LogP contribution is -2.32. The zero-order valence-electron chi connectivity index (χ0n) is 16.8. The molecule has 0 N–H and O–H groups in total. The van der Waals surface area contributed by atoms with Crippen molar-refractivity contribution < 1.29 is 5.94 Å². The number of rotatable bonds is 4. The van der Waals surface area contributed by atoms with Crippen molar-refractivity contribution in [1.29, 1.82) is 0 Å². The third-order valence-electron chi connectivity index (χ3n) is 4.77. The summed E-state index contributed by atoms with van der Waals surface area (Å²) in [7, 11) is 2.09. The first-order valence-corrected chi connectivity index (χ1v) is 8.74. The van der Waals surface area contributed by atoms with Gasteiger partial charge in [0, 0.05) is 18.6 Å². The van der Waals surface area contributed by atoms with Crippen LogP contribution in [0, 0.1) is 6.92 Å². The zero-order chi connectivity index (χ0) is 18.1. The van der Waals surface area contributed by atoms with Gasteiger partial charge in [-0.25, -0.2) is 4.57 Å². The van der Waals surface area contributed by atoms with E-state index in [4.69, 9.17) is 1.37 Å². The summed E-state index contributed by atoms with van der Waals surface area (Å²) in [5.41, 5.74) is 6.36. The standard InChI is InChI=1S/C22H32N/c1-8-17(9-2)18-11-13-21(23(7)15-18)20-14-19(22(4,5)6)12-10-16(20)3/h10-15,17H,8-9H2,1-7H3/q+1/i17D. The molecule has 0 aliphatic carbocycles. The zero-order valence-corrected chi connectivity index (χ0v) is 15.8. The van der Waals surface area contributed by atoms with E-state index in [0.717, 1.165) is 18.4 Å². The van der Waals surface area contributed by atoms with Crippen LogP contribution < -0.4 is 4.57 Å². The van der Waals surface area contributed by atoms with Crippen molar-refractivity contribution in [3.05, 3.63) is 53.2 Å². The van der Waals surface area contributed by atoms with Gasteiger partial charge in [0.2, 0.25) is 5.69 Å². The van der Waals surface area contributed by atoms with E-state index in [9.17, 15) is 0 Å². The number of benzene rings is 1. The fourth-order valence-corrected chi connectivity index (χ4v) is 3.12. The summed E-state index contributed by atoms with van der Waals surface area (Å²) < 4.78 is 10.9. The maximum atomic E-state index is 8.68. The lowest BCUT2D eigenvalue weighted by atomic mass is 9.84. The second kappa shape index (κ2) is 6.86.